The maximum Gasteiger partial charge on any atom is 0.152 e. The normalized spacial score (nSPS) is 13.3. The molecular formula is C21H33NOSi2. The lowest BCUT2D eigenvalue weighted by atomic mass is 9.86. The quantitative estimate of drug-likeness (QED) is 0.816. The summed E-state index contributed by atoms with van der Waals surface area (Å²) in [6, 6.07) is 17.1. The van der Waals surface area contributed by atoms with Crippen LogP contribution in [0.4, 0.5) is 0 Å². The van der Waals surface area contributed by atoms with Crippen LogP contribution in [0.1, 0.15) is 26.3 Å². The van der Waals surface area contributed by atoms with Gasteiger partial charge in [-0.05, 0) is 28.4 Å². The van der Waals surface area contributed by atoms with Gasteiger partial charge >= 0.3 is 0 Å². The van der Waals surface area contributed by atoms with E-state index in [4.69, 9.17) is 0 Å². The van der Waals surface area contributed by atoms with Gasteiger partial charge in [0, 0.05) is 0 Å². The van der Waals surface area contributed by atoms with Crippen LogP contribution in [-0.4, -0.2) is 32.9 Å². The Balaban J connectivity index is 2.52. The van der Waals surface area contributed by atoms with Crippen molar-refractivity contribution in [3.8, 4) is 5.75 Å². The lowest BCUT2D eigenvalue weighted by Gasteiger charge is -2.45. The fraction of sp³-hybridized carbons (Fsp3) is 0.429. The zero-order chi connectivity index (χ0) is 19.0. The number of phenolic OH excluding ortho intramolecular Hbond substituents is 1. The molecule has 0 aromatic heterocycles. The molecule has 0 aliphatic heterocycles. The minimum Gasteiger partial charge on any atom is -0.508 e. The van der Waals surface area contributed by atoms with Gasteiger partial charge in [0.2, 0.25) is 0 Å². The molecule has 0 spiro atoms. The van der Waals surface area contributed by atoms with Crippen LogP contribution in [0.5, 0.6) is 5.75 Å². The van der Waals surface area contributed by atoms with E-state index in [2.05, 4.69) is 107 Å². The van der Waals surface area contributed by atoms with Crippen molar-refractivity contribution in [3.05, 3.63) is 54.1 Å². The minimum atomic E-state index is -2.01. The highest BCUT2D eigenvalue weighted by molar-refractivity contribution is 7.02. The van der Waals surface area contributed by atoms with E-state index < -0.39 is 16.5 Å². The van der Waals surface area contributed by atoms with E-state index in [1.165, 1.54) is 5.19 Å². The Morgan fingerprint density at radius 1 is 0.800 bits per heavy atom. The van der Waals surface area contributed by atoms with Crippen molar-refractivity contribution >= 4 is 26.8 Å². The van der Waals surface area contributed by atoms with Gasteiger partial charge in [0.15, 0.2) is 8.24 Å². The molecule has 0 aliphatic rings. The van der Waals surface area contributed by atoms with E-state index in [0.717, 1.165) is 10.8 Å². The van der Waals surface area contributed by atoms with Crippen LogP contribution in [-0.2, 0) is 5.41 Å². The lowest BCUT2D eigenvalue weighted by molar-refractivity contribution is 0.450. The smallest absolute Gasteiger partial charge is 0.152 e. The number of para-hydroxylation sites is 1. The van der Waals surface area contributed by atoms with Crippen LogP contribution in [0, 0.1) is 0 Å². The monoisotopic (exact) mass is 371 g/mol. The summed E-state index contributed by atoms with van der Waals surface area (Å²) < 4.78 is 2.62. The van der Waals surface area contributed by atoms with E-state index >= 15 is 0 Å². The minimum absolute atomic E-state index is 0.0600. The molecule has 0 saturated heterocycles. The number of hydrogen-bond acceptors (Lipinski definition) is 2. The Labute approximate surface area is 155 Å². The summed E-state index contributed by atoms with van der Waals surface area (Å²) in [5.74, 6) is 0.497. The fourth-order valence-corrected chi connectivity index (χ4v) is 12.9. The second-order valence-corrected chi connectivity index (χ2v) is 18.1. The Hall–Kier alpha value is -1.37. The van der Waals surface area contributed by atoms with Crippen LogP contribution in [0.3, 0.4) is 0 Å². The third-order valence-electron chi connectivity index (χ3n) is 5.66. The largest absolute Gasteiger partial charge is 0.508 e. The second-order valence-electron chi connectivity index (χ2n) is 8.99. The second kappa shape index (κ2) is 6.74. The molecule has 0 radical (unpaired) electrons. The SMILES string of the molecule is CN([Si](C)(C)c1ccccc1)[Si](C)(C)c1cccc(C(C)(C)C)c1O. The summed E-state index contributed by atoms with van der Waals surface area (Å²) in [5.41, 5.74) is 0.980. The topological polar surface area (TPSA) is 23.5 Å². The Morgan fingerprint density at radius 2 is 1.36 bits per heavy atom. The zero-order valence-corrected chi connectivity index (χ0v) is 19.0. The molecule has 1 N–H and O–H groups in total. The summed E-state index contributed by atoms with van der Waals surface area (Å²) in [6.45, 7) is 16.0. The van der Waals surface area contributed by atoms with Crippen molar-refractivity contribution in [1.29, 1.82) is 0 Å². The summed E-state index contributed by atoms with van der Waals surface area (Å²) in [7, 11) is -1.56. The predicted octanol–water partition coefficient (Wildman–Crippen LogP) is 4.15. The zero-order valence-electron chi connectivity index (χ0n) is 17.0. The molecule has 0 fully saturated rings. The van der Waals surface area contributed by atoms with E-state index in [-0.39, 0.29) is 5.41 Å². The Morgan fingerprint density at radius 3 is 1.88 bits per heavy atom. The molecule has 2 aromatic carbocycles. The number of benzene rings is 2. The van der Waals surface area contributed by atoms with E-state index in [1.807, 2.05) is 0 Å². The van der Waals surface area contributed by atoms with E-state index in [1.54, 1.807) is 0 Å². The highest BCUT2D eigenvalue weighted by Crippen LogP contribution is 2.31. The van der Waals surface area contributed by atoms with Crippen LogP contribution < -0.4 is 10.4 Å². The van der Waals surface area contributed by atoms with E-state index in [0.29, 0.717) is 5.75 Å². The van der Waals surface area contributed by atoms with Crippen molar-refractivity contribution in [2.75, 3.05) is 7.05 Å². The average molecular weight is 372 g/mol. The molecule has 2 nitrogen and oxygen atoms in total. The fourth-order valence-electron chi connectivity index (χ4n) is 3.56. The first-order valence-electron chi connectivity index (χ1n) is 9.02. The summed E-state index contributed by atoms with van der Waals surface area (Å²) in [5, 5.41) is 13.6. The molecule has 0 heterocycles. The first kappa shape index (κ1) is 20.0. The summed E-state index contributed by atoms with van der Waals surface area (Å²) in [4.78, 5) is 0. The molecule has 4 heteroatoms. The van der Waals surface area contributed by atoms with Crippen LogP contribution in [0.2, 0.25) is 26.2 Å². The predicted molar refractivity (Wildman–Crippen MR) is 115 cm³/mol. The maximum absolute atomic E-state index is 11.1. The first-order chi connectivity index (χ1) is 11.4. The van der Waals surface area contributed by atoms with Gasteiger partial charge in [0.25, 0.3) is 0 Å². The van der Waals surface area contributed by atoms with Crippen LogP contribution in [0.15, 0.2) is 48.5 Å². The molecule has 0 saturated carbocycles. The number of phenols is 1. The van der Waals surface area contributed by atoms with Gasteiger partial charge in [-0.3, -0.25) is 0 Å². The molecule has 0 aliphatic carbocycles. The molecule has 0 amide bonds. The van der Waals surface area contributed by atoms with Crippen LogP contribution in [0.25, 0.3) is 0 Å². The molecule has 25 heavy (non-hydrogen) atoms. The highest BCUT2D eigenvalue weighted by Gasteiger charge is 2.42. The third-order valence-corrected chi connectivity index (χ3v) is 15.8. The lowest BCUT2D eigenvalue weighted by Crippen LogP contribution is -2.69. The maximum atomic E-state index is 11.1. The molecule has 0 atom stereocenters. The number of aromatic hydroxyl groups is 1. The summed E-state index contributed by atoms with van der Waals surface area (Å²) in [6.07, 6.45) is 0. The van der Waals surface area contributed by atoms with Crippen molar-refractivity contribution in [2.24, 2.45) is 0 Å². The van der Waals surface area contributed by atoms with Gasteiger partial charge in [-0.2, -0.15) is 0 Å². The highest BCUT2D eigenvalue weighted by atomic mass is 28.4. The van der Waals surface area contributed by atoms with Gasteiger partial charge in [-0.15, -0.1) is 0 Å². The Bertz CT molecular complexity index is 733. The average Bonchev–Trinajstić information content (AvgIpc) is 2.53. The first-order valence-corrected chi connectivity index (χ1v) is 14.9. The molecule has 0 unspecified atom stereocenters. The van der Waals surface area contributed by atoms with E-state index in [9.17, 15) is 5.11 Å². The molecule has 2 aromatic rings. The van der Waals surface area contributed by atoms with Gasteiger partial charge in [-0.1, -0.05) is 95.5 Å². The standard InChI is InChI=1S/C21H33NOSi2/c1-21(2,3)18-15-12-16-19(20(18)23)25(7,8)22(4)24(5,6)17-13-10-9-11-14-17/h9-16,23H,1-8H3. The third kappa shape index (κ3) is 3.76. The van der Waals surface area contributed by atoms with Gasteiger partial charge in [-0.25, -0.2) is 0 Å². The molecular weight excluding hydrogens is 338 g/mol. The van der Waals surface area contributed by atoms with Gasteiger partial charge in [0.1, 0.15) is 14.0 Å². The summed E-state index contributed by atoms with van der Waals surface area (Å²) >= 11 is 0. The van der Waals surface area contributed by atoms with Crippen LogP contribution >= 0.6 is 0 Å². The van der Waals surface area contributed by atoms with Crippen molar-refractivity contribution < 1.29 is 5.11 Å². The Kier molecular flexibility index (Phi) is 5.38. The van der Waals surface area contributed by atoms with Gasteiger partial charge < -0.3 is 9.34 Å². The number of nitrogens with zero attached hydrogens (tertiary/aromatic N) is 1. The number of rotatable bonds is 4. The van der Waals surface area contributed by atoms with Crippen molar-refractivity contribution in [1.82, 2.24) is 4.23 Å². The van der Waals surface area contributed by atoms with Crippen molar-refractivity contribution in [3.63, 3.8) is 0 Å². The van der Waals surface area contributed by atoms with Crippen molar-refractivity contribution in [2.45, 2.75) is 52.4 Å². The molecule has 0 bridgehead atoms. The number of hydrogen-bond donors (Lipinski definition) is 1. The molecule has 136 valence electrons. The van der Waals surface area contributed by atoms with Gasteiger partial charge in [0.05, 0.1) is 0 Å². The molecule has 2 rings (SSSR count).